The average molecular weight is 580 g/mol. The minimum Gasteiger partial charge on any atom is -0.512 e. The van der Waals surface area contributed by atoms with Crippen molar-refractivity contribution < 1.29 is 34.6 Å². The Bertz CT molecular complexity index is 1240. The molecular formula is C23H19IrN2O2S+. The maximum atomic E-state index is 10.0. The maximum Gasteiger partial charge on any atom is 0.494 e. The molecule has 2 aliphatic rings. The molecule has 5 rings (SSSR count). The number of nitrogens with zero attached hydrogens (tertiary/aromatic N) is 2. The minimum absolute atomic E-state index is 0. The van der Waals surface area contributed by atoms with Crippen molar-refractivity contribution in [1.82, 2.24) is 4.58 Å². The Morgan fingerprint density at radius 1 is 1.17 bits per heavy atom. The Kier molecular flexibility index (Phi) is 6.21. The zero-order chi connectivity index (χ0) is 19.8. The molecule has 0 bridgehead atoms. The number of carbonyl (C=O) groups is 1. The van der Waals surface area contributed by atoms with Gasteiger partial charge in [0.25, 0.3) is 5.69 Å². The average Bonchev–Trinajstić information content (AvgIpc) is 3.00. The number of para-hydroxylation sites is 1. The number of allylic oxidation sites excluding steroid dienone is 2. The molecule has 1 radical (unpaired) electrons. The topological polar surface area (TPSA) is 43.3 Å². The van der Waals surface area contributed by atoms with Crippen LogP contribution in [0.25, 0.3) is 10.8 Å². The Labute approximate surface area is 187 Å². The van der Waals surface area contributed by atoms with Crippen molar-refractivity contribution in [2.24, 2.45) is 0 Å². The molecular weight excluding hydrogens is 561 g/mol. The summed E-state index contributed by atoms with van der Waals surface area (Å²) >= 11 is 1.83. The number of rotatable bonds is 1. The Morgan fingerprint density at radius 2 is 1.93 bits per heavy atom. The SMILES string of the molecule is CC(=O)/C=C(/C)O.C[N+]1=C=[N+]2c3[c-]cc4ccccc4c3Sc3cccc1c32.[Ir]. The molecule has 6 heteroatoms. The van der Waals surface area contributed by atoms with E-state index in [2.05, 4.69) is 69.8 Å². The minimum atomic E-state index is -0.125. The number of carbonyl (C=O) groups excluding carboxylic acids is 1. The van der Waals surface area contributed by atoms with Gasteiger partial charge in [-0.1, -0.05) is 33.4 Å². The van der Waals surface area contributed by atoms with E-state index in [1.807, 2.05) is 18.8 Å². The van der Waals surface area contributed by atoms with Crippen LogP contribution in [0.3, 0.4) is 0 Å². The summed E-state index contributed by atoms with van der Waals surface area (Å²) in [5, 5.41) is 10.9. The number of hydrogen-bond donors (Lipinski definition) is 1. The summed E-state index contributed by atoms with van der Waals surface area (Å²) in [5.41, 5.74) is 3.53. The van der Waals surface area contributed by atoms with Gasteiger partial charge in [-0.05, 0) is 24.8 Å². The van der Waals surface area contributed by atoms with E-state index in [9.17, 15) is 4.79 Å². The molecule has 147 valence electrons. The molecule has 1 N–H and O–H groups in total. The van der Waals surface area contributed by atoms with Gasteiger partial charge in [0.05, 0.1) is 10.7 Å². The Hall–Kier alpha value is -2.49. The quantitative estimate of drug-likeness (QED) is 0.142. The smallest absolute Gasteiger partial charge is 0.494 e. The third kappa shape index (κ3) is 3.98. The molecule has 0 fully saturated rings. The van der Waals surface area contributed by atoms with Crippen LogP contribution >= 0.6 is 11.8 Å². The van der Waals surface area contributed by atoms with Crippen LogP contribution < -0.4 is 4.58 Å². The van der Waals surface area contributed by atoms with E-state index in [1.54, 1.807) is 0 Å². The standard InChI is InChI=1S/C18H11N2S.C5H8O2.Ir/c1-19-11-20-15-10-9-12-5-2-3-6-13(12)18(15)21-16-8-4-7-14(19)17(16)20;1-4(6)3-5(2)7;/h2-9H,1H3;3,6H,1-2H3;/q+1;;/b;4-3-;. The summed E-state index contributed by atoms with van der Waals surface area (Å²) in [5.74, 6) is -0.0625. The van der Waals surface area contributed by atoms with Crippen LogP contribution in [0.15, 0.2) is 70.2 Å². The normalized spacial score (nSPS) is 13.3. The van der Waals surface area contributed by atoms with Crippen LogP contribution in [0, 0.1) is 6.07 Å². The van der Waals surface area contributed by atoms with Crippen LogP contribution in [0.2, 0.25) is 0 Å². The van der Waals surface area contributed by atoms with Crippen LogP contribution in [-0.4, -0.2) is 28.5 Å². The van der Waals surface area contributed by atoms with Crippen LogP contribution in [0.5, 0.6) is 0 Å². The first-order valence-electron chi connectivity index (χ1n) is 8.88. The van der Waals surface area contributed by atoms with Gasteiger partial charge in [0.1, 0.15) is 5.69 Å². The molecule has 0 aromatic heterocycles. The van der Waals surface area contributed by atoms with Gasteiger partial charge in [-0.2, -0.15) is 6.07 Å². The third-order valence-electron chi connectivity index (χ3n) is 4.45. The predicted octanol–water partition coefficient (Wildman–Crippen LogP) is 5.44. The van der Waals surface area contributed by atoms with Crippen molar-refractivity contribution in [2.45, 2.75) is 23.6 Å². The van der Waals surface area contributed by atoms with Crippen molar-refractivity contribution in [3.8, 4) is 0 Å². The molecule has 0 atom stereocenters. The van der Waals surface area contributed by atoms with E-state index >= 15 is 0 Å². The molecule has 0 amide bonds. The number of fused-ring (bicyclic) bond motifs is 4. The van der Waals surface area contributed by atoms with Gasteiger partial charge in [0.15, 0.2) is 12.8 Å². The first-order chi connectivity index (χ1) is 13.5. The molecule has 0 unspecified atom stereocenters. The molecule has 2 heterocycles. The molecule has 0 saturated carbocycles. The van der Waals surface area contributed by atoms with E-state index < -0.39 is 0 Å². The zero-order valence-corrected chi connectivity index (χ0v) is 19.4. The fraction of sp³-hybridized carbons (Fsp3) is 0.130. The largest absolute Gasteiger partial charge is 0.512 e. The van der Waals surface area contributed by atoms with Crippen molar-refractivity contribution in [2.75, 3.05) is 7.05 Å². The van der Waals surface area contributed by atoms with E-state index in [0.29, 0.717) is 0 Å². The van der Waals surface area contributed by atoms with Gasteiger partial charge in [-0.3, -0.25) is 4.79 Å². The number of benzene rings is 3. The summed E-state index contributed by atoms with van der Waals surface area (Å²) in [6, 6.07) is 23.8. The first-order valence-corrected chi connectivity index (χ1v) is 9.69. The molecule has 3 aromatic carbocycles. The Morgan fingerprint density at radius 3 is 2.62 bits per heavy atom. The van der Waals surface area contributed by atoms with Gasteiger partial charge in [-0.25, -0.2) is 0 Å². The molecule has 3 aromatic rings. The number of aliphatic hydroxyl groups is 1. The van der Waals surface area contributed by atoms with Crippen molar-refractivity contribution in [1.29, 1.82) is 0 Å². The van der Waals surface area contributed by atoms with E-state index in [1.165, 1.54) is 51.9 Å². The van der Waals surface area contributed by atoms with Crippen molar-refractivity contribution >= 4 is 51.4 Å². The second-order valence-corrected chi connectivity index (χ2v) is 7.72. The summed E-state index contributed by atoms with van der Waals surface area (Å²) in [4.78, 5) is 12.6. The summed E-state index contributed by atoms with van der Waals surface area (Å²) in [6.45, 7) is 2.85. The molecule has 2 aliphatic heterocycles. The maximum absolute atomic E-state index is 10.0. The third-order valence-corrected chi connectivity index (χ3v) is 5.61. The Balaban J connectivity index is 0.000000263. The van der Waals surface area contributed by atoms with Gasteiger partial charge >= 0.3 is 11.7 Å². The van der Waals surface area contributed by atoms with E-state index in [4.69, 9.17) is 5.11 Å². The molecule has 0 spiro atoms. The number of ketones is 1. The number of hydrogen-bond acceptors (Lipinski definition) is 3. The fourth-order valence-corrected chi connectivity index (χ4v) is 4.55. The molecule has 4 nitrogen and oxygen atoms in total. The zero-order valence-electron chi connectivity index (χ0n) is 16.2. The predicted molar refractivity (Wildman–Crippen MR) is 113 cm³/mol. The monoisotopic (exact) mass is 580 g/mol. The van der Waals surface area contributed by atoms with Crippen LogP contribution in [0.4, 0.5) is 17.1 Å². The fourth-order valence-electron chi connectivity index (χ4n) is 3.35. The van der Waals surface area contributed by atoms with Crippen LogP contribution in [0.1, 0.15) is 13.8 Å². The van der Waals surface area contributed by atoms with Gasteiger partial charge in [0, 0.05) is 32.2 Å². The summed E-state index contributed by atoms with van der Waals surface area (Å²) in [7, 11) is 2.04. The van der Waals surface area contributed by atoms with Gasteiger partial charge < -0.3 is 5.11 Å². The van der Waals surface area contributed by atoms with Crippen molar-refractivity contribution in [3.63, 3.8) is 0 Å². The second-order valence-electron chi connectivity index (χ2n) is 6.67. The van der Waals surface area contributed by atoms with Crippen LogP contribution in [-0.2, 0) is 24.9 Å². The molecule has 29 heavy (non-hydrogen) atoms. The second kappa shape index (κ2) is 8.48. The summed E-state index contributed by atoms with van der Waals surface area (Å²) < 4.78 is 4.19. The molecule has 0 saturated heterocycles. The first kappa shape index (κ1) is 21.2. The van der Waals surface area contributed by atoms with Gasteiger partial charge in [0.2, 0.25) is 0 Å². The van der Waals surface area contributed by atoms with Gasteiger partial charge in [-0.15, -0.1) is 34.7 Å². The number of aliphatic hydroxyl groups excluding tert-OH is 1. The van der Waals surface area contributed by atoms with E-state index in [0.717, 1.165) is 5.69 Å². The van der Waals surface area contributed by atoms with E-state index in [-0.39, 0.29) is 31.6 Å². The van der Waals surface area contributed by atoms with Crippen molar-refractivity contribution in [3.05, 3.63) is 66.4 Å². The summed E-state index contributed by atoms with van der Waals surface area (Å²) in [6.07, 6.45) is 1.17. The molecule has 0 aliphatic carbocycles.